The first-order valence-electron chi connectivity index (χ1n) is 11.9. The molecule has 2 saturated heterocycles. The van der Waals surface area contributed by atoms with Gasteiger partial charge in [0.1, 0.15) is 6.10 Å². The van der Waals surface area contributed by atoms with E-state index in [4.69, 9.17) is 4.74 Å². The largest absolute Gasteiger partial charge is 0.368 e. The molecule has 4 rings (SSSR count). The van der Waals surface area contributed by atoms with E-state index in [0.29, 0.717) is 25.2 Å². The molecule has 184 valence electrons. The molecule has 8 heteroatoms. The van der Waals surface area contributed by atoms with Gasteiger partial charge in [-0.1, -0.05) is 42.5 Å². The Kier molecular flexibility index (Phi) is 10.2. The summed E-state index contributed by atoms with van der Waals surface area (Å²) < 4.78 is 5.47. The van der Waals surface area contributed by atoms with Gasteiger partial charge >= 0.3 is 0 Å². The van der Waals surface area contributed by atoms with Gasteiger partial charge < -0.3 is 20.7 Å². The molecule has 2 aliphatic heterocycles. The third-order valence-corrected chi connectivity index (χ3v) is 6.37. The van der Waals surface area contributed by atoms with Gasteiger partial charge in [0.2, 0.25) is 0 Å². The van der Waals surface area contributed by atoms with E-state index in [0.717, 1.165) is 49.6 Å². The summed E-state index contributed by atoms with van der Waals surface area (Å²) in [5.41, 5.74) is 3.21. The van der Waals surface area contributed by atoms with E-state index in [9.17, 15) is 4.79 Å². The summed E-state index contributed by atoms with van der Waals surface area (Å²) in [6, 6.07) is 19.4. The number of hydrogen-bond donors (Lipinski definition) is 3. The molecule has 0 aliphatic carbocycles. The van der Waals surface area contributed by atoms with E-state index in [1.54, 1.807) is 7.05 Å². The number of hydrogen-bond acceptors (Lipinski definition) is 4. The van der Waals surface area contributed by atoms with Crippen LogP contribution in [0.5, 0.6) is 0 Å². The number of likely N-dealkylation sites (tertiary alicyclic amines) is 1. The highest BCUT2D eigenvalue weighted by Crippen LogP contribution is 2.20. The number of aliphatic imine (C=N–C) groups is 1. The number of benzene rings is 2. The molecule has 3 N–H and O–H groups in total. The van der Waals surface area contributed by atoms with Crippen molar-refractivity contribution in [1.29, 1.82) is 0 Å². The highest BCUT2D eigenvalue weighted by atomic mass is 127. The van der Waals surface area contributed by atoms with Crippen LogP contribution in [0.3, 0.4) is 0 Å². The zero-order chi connectivity index (χ0) is 23.0. The zero-order valence-corrected chi connectivity index (χ0v) is 22.3. The van der Waals surface area contributed by atoms with Gasteiger partial charge in [-0.2, -0.15) is 0 Å². The molecular weight excluding hydrogens is 541 g/mol. The van der Waals surface area contributed by atoms with E-state index >= 15 is 0 Å². The lowest BCUT2D eigenvalue weighted by atomic mass is 10.1. The minimum atomic E-state index is -0.329. The molecule has 7 nitrogen and oxygen atoms in total. The van der Waals surface area contributed by atoms with Crippen LogP contribution in [-0.2, 0) is 22.6 Å². The van der Waals surface area contributed by atoms with Gasteiger partial charge in [-0.3, -0.25) is 14.7 Å². The maximum Gasteiger partial charge on any atom is 0.253 e. The lowest BCUT2D eigenvalue weighted by molar-refractivity contribution is -0.124. The molecule has 3 atom stereocenters. The monoisotopic (exact) mass is 577 g/mol. The molecule has 2 heterocycles. The van der Waals surface area contributed by atoms with Crippen molar-refractivity contribution in [3.05, 3.63) is 65.7 Å². The lowest BCUT2D eigenvalue weighted by Gasteiger charge is -2.21. The molecule has 2 aromatic carbocycles. The van der Waals surface area contributed by atoms with Crippen molar-refractivity contribution < 1.29 is 9.53 Å². The first-order valence-corrected chi connectivity index (χ1v) is 11.9. The third kappa shape index (κ3) is 7.41. The van der Waals surface area contributed by atoms with Crippen LogP contribution in [0.1, 0.15) is 37.3 Å². The first kappa shape index (κ1) is 26.4. The number of amides is 1. The number of rotatable bonds is 7. The average Bonchev–Trinajstić information content (AvgIpc) is 3.48. The second-order valence-electron chi connectivity index (χ2n) is 8.96. The van der Waals surface area contributed by atoms with Gasteiger partial charge in [0.05, 0.1) is 0 Å². The van der Waals surface area contributed by atoms with Gasteiger partial charge in [-0.05, 0) is 49.4 Å². The Bertz CT molecular complexity index is 949. The van der Waals surface area contributed by atoms with Crippen molar-refractivity contribution in [2.75, 3.05) is 25.5 Å². The summed E-state index contributed by atoms with van der Waals surface area (Å²) in [6.45, 7) is 5.53. The Morgan fingerprint density at radius 1 is 1.15 bits per heavy atom. The Balaban J connectivity index is 0.00000324. The summed E-state index contributed by atoms with van der Waals surface area (Å²) in [6.07, 6.45) is 2.48. The molecule has 1 amide bonds. The molecule has 2 aliphatic rings. The van der Waals surface area contributed by atoms with Gasteiger partial charge in [0.15, 0.2) is 5.96 Å². The summed E-state index contributed by atoms with van der Waals surface area (Å²) >= 11 is 0. The molecule has 3 unspecified atom stereocenters. The summed E-state index contributed by atoms with van der Waals surface area (Å²) in [5, 5.41) is 9.96. The lowest BCUT2D eigenvalue weighted by Crippen LogP contribution is -2.44. The van der Waals surface area contributed by atoms with Crippen molar-refractivity contribution in [3.63, 3.8) is 0 Å². The van der Waals surface area contributed by atoms with Crippen LogP contribution < -0.4 is 16.0 Å². The average molecular weight is 578 g/mol. The maximum atomic E-state index is 12.3. The molecule has 0 radical (unpaired) electrons. The van der Waals surface area contributed by atoms with Crippen molar-refractivity contribution in [3.8, 4) is 0 Å². The van der Waals surface area contributed by atoms with Crippen LogP contribution in [-0.4, -0.2) is 55.2 Å². The van der Waals surface area contributed by atoms with Crippen LogP contribution in [0.4, 0.5) is 5.69 Å². The predicted molar refractivity (Wildman–Crippen MR) is 148 cm³/mol. The summed E-state index contributed by atoms with van der Waals surface area (Å²) in [4.78, 5) is 19.2. The van der Waals surface area contributed by atoms with E-state index in [1.165, 1.54) is 5.56 Å². The highest BCUT2D eigenvalue weighted by molar-refractivity contribution is 14.0. The van der Waals surface area contributed by atoms with Crippen molar-refractivity contribution in [2.45, 2.75) is 57.5 Å². The topological polar surface area (TPSA) is 78.0 Å². The van der Waals surface area contributed by atoms with E-state index in [2.05, 4.69) is 63.1 Å². The van der Waals surface area contributed by atoms with Crippen LogP contribution in [0.15, 0.2) is 59.6 Å². The number of carbonyl (C=O) groups is 1. The van der Waals surface area contributed by atoms with Gasteiger partial charge in [0, 0.05) is 51.1 Å². The zero-order valence-electron chi connectivity index (χ0n) is 20.0. The van der Waals surface area contributed by atoms with Crippen molar-refractivity contribution in [1.82, 2.24) is 15.5 Å². The molecule has 34 heavy (non-hydrogen) atoms. The fourth-order valence-electron chi connectivity index (χ4n) is 4.58. The normalized spacial score (nSPS) is 22.8. The fraction of sp³-hybridized carbons (Fsp3) is 0.462. The van der Waals surface area contributed by atoms with E-state index in [-0.39, 0.29) is 36.0 Å². The summed E-state index contributed by atoms with van der Waals surface area (Å²) in [7, 11) is 1.80. The van der Waals surface area contributed by atoms with Crippen LogP contribution in [0.2, 0.25) is 0 Å². The van der Waals surface area contributed by atoms with Gasteiger partial charge in [-0.25, -0.2) is 0 Å². The Morgan fingerprint density at radius 2 is 1.94 bits per heavy atom. The molecule has 0 aromatic heterocycles. The van der Waals surface area contributed by atoms with E-state index in [1.807, 2.05) is 24.3 Å². The number of ether oxygens (including phenoxy) is 1. The molecule has 0 saturated carbocycles. The molecule has 2 fully saturated rings. The highest BCUT2D eigenvalue weighted by Gasteiger charge is 2.29. The predicted octanol–water partition coefficient (Wildman–Crippen LogP) is 3.75. The van der Waals surface area contributed by atoms with Crippen LogP contribution in [0.25, 0.3) is 0 Å². The van der Waals surface area contributed by atoms with Crippen molar-refractivity contribution in [2.24, 2.45) is 4.99 Å². The number of carbonyl (C=O) groups excluding carboxylic acids is 1. The fourth-order valence-corrected chi connectivity index (χ4v) is 4.58. The van der Waals surface area contributed by atoms with Crippen LogP contribution in [0, 0.1) is 0 Å². The molecule has 2 aromatic rings. The van der Waals surface area contributed by atoms with E-state index < -0.39 is 0 Å². The Morgan fingerprint density at radius 3 is 2.68 bits per heavy atom. The SMILES string of the molecule is CN=C(NCc1cccc(NC(=O)C2CCCO2)c1)NC1CC(C)N(Cc2ccccc2)C1.I. The van der Waals surface area contributed by atoms with Crippen molar-refractivity contribution >= 4 is 41.5 Å². The number of nitrogens with one attached hydrogen (secondary N) is 3. The minimum absolute atomic E-state index is 0. The number of nitrogens with zero attached hydrogens (tertiary/aromatic N) is 2. The second-order valence-corrected chi connectivity index (χ2v) is 8.96. The third-order valence-electron chi connectivity index (χ3n) is 6.37. The smallest absolute Gasteiger partial charge is 0.253 e. The van der Waals surface area contributed by atoms with Gasteiger partial charge in [-0.15, -0.1) is 24.0 Å². The second kappa shape index (κ2) is 13.1. The number of guanidine groups is 1. The molecule has 0 bridgehead atoms. The quantitative estimate of drug-likeness (QED) is 0.266. The summed E-state index contributed by atoms with van der Waals surface area (Å²) in [5.74, 6) is 0.730. The number of anilines is 1. The number of halogens is 1. The minimum Gasteiger partial charge on any atom is -0.368 e. The standard InChI is InChI=1S/C26H35N5O2.HI/c1-19-14-23(18-31(19)17-20-8-4-3-5-9-20)30-26(27-2)28-16-21-10-6-11-22(15-21)29-25(32)24-12-7-13-33-24;/h3-6,8-11,15,19,23-24H,7,12-14,16-18H2,1-2H3,(H,29,32)(H2,27,28,30);1H. The molecule has 0 spiro atoms. The Hall–Kier alpha value is -2.17. The van der Waals surface area contributed by atoms with Crippen LogP contribution >= 0.6 is 24.0 Å². The first-order chi connectivity index (χ1) is 16.1. The molecular formula is C26H36IN5O2. The maximum absolute atomic E-state index is 12.3. The van der Waals surface area contributed by atoms with Gasteiger partial charge in [0.25, 0.3) is 5.91 Å². The Labute approximate surface area is 219 Å².